The highest BCUT2D eigenvalue weighted by Crippen LogP contribution is 2.26. The summed E-state index contributed by atoms with van der Waals surface area (Å²) in [6.07, 6.45) is 23.6. The van der Waals surface area contributed by atoms with Crippen LogP contribution in [0.2, 0.25) is 0 Å². The maximum atomic E-state index is 9.61. The van der Waals surface area contributed by atoms with Crippen LogP contribution in [-0.4, -0.2) is 18.8 Å². The van der Waals surface area contributed by atoms with Gasteiger partial charge in [0.05, 0.1) is 7.11 Å². The van der Waals surface area contributed by atoms with E-state index in [9.17, 15) is 5.11 Å². The van der Waals surface area contributed by atoms with Crippen LogP contribution in [0, 0.1) is 0 Å². The van der Waals surface area contributed by atoms with E-state index in [4.69, 9.17) is 4.74 Å². The predicted molar refractivity (Wildman–Crippen MR) is 126 cm³/mol. The molecular formula is C26H45NO2. The van der Waals surface area contributed by atoms with Crippen molar-refractivity contribution in [1.29, 1.82) is 0 Å². The molecule has 0 aliphatic rings. The van der Waals surface area contributed by atoms with Gasteiger partial charge < -0.3 is 15.2 Å². The lowest BCUT2D eigenvalue weighted by Crippen LogP contribution is -2.14. The summed E-state index contributed by atoms with van der Waals surface area (Å²) in [5, 5.41) is 13.1. The number of nitrogens with one attached hydrogen (secondary N) is 1. The first-order valence-corrected chi connectivity index (χ1v) is 12.0. The van der Waals surface area contributed by atoms with Gasteiger partial charge in [0.25, 0.3) is 0 Å². The molecule has 0 fully saturated rings. The molecule has 1 aromatic rings. The van der Waals surface area contributed by atoms with Gasteiger partial charge in [-0.05, 0) is 56.3 Å². The summed E-state index contributed by atoms with van der Waals surface area (Å²) in [5.41, 5.74) is 1.14. The molecule has 1 rings (SSSR count). The fourth-order valence-corrected chi connectivity index (χ4v) is 3.56. The van der Waals surface area contributed by atoms with Crippen LogP contribution in [0.25, 0.3) is 0 Å². The summed E-state index contributed by atoms with van der Waals surface area (Å²) >= 11 is 0. The Morgan fingerprint density at radius 3 is 2.03 bits per heavy atom. The molecule has 29 heavy (non-hydrogen) atoms. The average Bonchev–Trinajstić information content (AvgIpc) is 2.74. The van der Waals surface area contributed by atoms with Crippen LogP contribution in [0.4, 0.5) is 0 Å². The minimum Gasteiger partial charge on any atom is -0.504 e. The molecule has 0 atom stereocenters. The van der Waals surface area contributed by atoms with E-state index in [0.29, 0.717) is 5.75 Å². The number of methoxy groups -OCH3 is 1. The first-order valence-electron chi connectivity index (χ1n) is 12.0. The van der Waals surface area contributed by atoms with E-state index in [1.165, 1.54) is 89.9 Å². The fourth-order valence-electron chi connectivity index (χ4n) is 3.56. The van der Waals surface area contributed by atoms with Crippen molar-refractivity contribution in [3.05, 3.63) is 35.9 Å². The Labute approximate surface area is 179 Å². The standard InChI is InChI=1S/C26H45NO2/c1-3-4-5-6-7-8-9-10-11-12-13-14-15-16-17-18-21-27-23-24-19-20-25(28)26(22-24)29-2/h10-11,19-20,22,27-28H,3-9,12-18,21,23H2,1-2H3/b11-10-. The Balaban J connectivity index is 1.84. The summed E-state index contributed by atoms with van der Waals surface area (Å²) in [7, 11) is 1.58. The summed E-state index contributed by atoms with van der Waals surface area (Å²) in [4.78, 5) is 0. The lowest BCUT2D eigenvalue weighted by atomic mass is 10.1. The third-order valence-corrected chi connectivity index (χ3v) is 5.44. The van der Waals surface area contributed by atoms with Crippen LogP contribution < -0.4 is 10.1 Å². The lowest BCUT2D eigenvalue weighted by molar-refractivity contribution is 0.372. The molecular weight excluding hydrogens is 358 g/mol. The molecule has 0 aromatic heterocycles. The van der Waals surface area contributed by atoms with Gasteiger partial charge in [-0.1, -0.05) is 82.9 Å². The van der Waals surface area contributed by atoms with Crippen LogP contribution in [-0.2, 0) is 6.54 Å². The van der Waals surface area contributed by atoms with E-state index in [0.717, 1.165) is 18.7 Å². The van der Waals surface area contributed by atoms with Gasteiger partial charge in [0.2, 0.25) is 0 Å². The zero-order chi connectivity index (χ0) is 21.0. The third-order valence-electron chi connectivity index (χ3n) is 5.44. The summed E-state index contributed by atoms with van der Waals surface area (Å²) < 4.78 is 5.14. The minimum absolute atomic E-state index is 0.199. The normalized spacial score (nSPS) is 11.4. The average molecular weight is 404 g/mol. The topological polar surface area (TPSA) is 41.5 Å². The van der Waals surface area contributed by atoms with Gasteiger partial charge in [-0.3, -0.25) is 0 Å². The van der Waals surface area contributed by atoms with Crippen LogP contribution in [0.3, 0.4) is 0 Å². The van der Waals surface area contributed by atoms with Crippen LogP contribution in [0.1, 0.15) is 102 Å². The van der Waals surface area contributed by atoms with Crippen molar-refractivity contribution in [3.63, 3.8) is 0 Å². The van der Waals surface area contributed by atoms with E-state index in [-0.39, 0.29) is 5.75 Å². The number of rotatable bonds is 19. The van der Waals surface area contributed by atoms with E-state index in [2.05, 4.69) is 24.4 Å². The maximum absolute atomic E-state index is 9.61. The Kier molecular flexibility index (Phi) is 16.3. The maximum Gasteiger partial charge on any atom is 0.160 e. The number of hydrogen-bond donors (Lipinski definition) is 2. The smallest absolute Gasteiger partial charge is 0.160 e. The monoisotopic (exact) mass is 403 g/mol. The Hall–Kier alpha value is -1.48. The molecule has 0 bridgehead atoms. The molecule has 1 aromatic carbocycles. The highest BCUT2D eigenvalue weighted by Gasteiger charge is 2.02. The van der Waals surface area contributed by atoms with E-state index in [1.807, 2.05) is 12.1 Å². The second-order valence-corrected chi connectivity index (χ2v) is 8.12. The molecule has 0 radical (unpaired) electrons. The van der Waals surface area contributed by atoms with Crippen LogP contribution >= 0.6 is 0 Å². The first kappa shape index (κ1) is 25.6. The minimum atomic E-state index is 0.199. The van der Waals surface area contributed by atoms with Crippen molar-refractivity contribution >= 4 is 0 Å². The first-order chi connectivity index (χ1) is 14.3. The number of phenols is 1. The third kappa shape index (κ3) is 14.2. The molecule has 0 spiro atoms. The number of aromatic hydroxyl groups is 1. The summed E-state index contributed by atoms with van der Waals surface area (Å²) in [6, 6.07) is 5.52. The number of benzene rings is 1. The van der Waals surface area contributed by atoms with Gasteiger partial charge in [0.15, 0.2) is 11.5 Å². The van der Waals surface area contributed by atoms with Crippen LogP contribution in [0.5, 0.6) is 11.5 Å². The van der Waals surface area contributed by atoms with Gasteiger partial charge in [-0.2, -0.15) is 0 Å². The van der Waals surface area contributed by atoms with E-state index >= 15 is 0 Å². The molecule has 0 heterocycles. The van der Waals surface area contributed by atoms with Gasteiger partial charge in [0, 0.05) is 6.54 Å². The lowest BCUT2D eigenvalue weighted by Gasteiger charge is -2.08. The van der Waals surface area contributed by atoms with Crippen molar-refractivity contribution in [2.24, 2.45) is 0 Å². The molecule has 3 nitrogen and oxygen atoms in total. The largest absolute Gasteiger partial charge is 0.504 e. The van der Waals surface area contributed by atoms with Gasteiger partial charge >= 0.3 is 0 Å². The Morgan fingerprint density at radius 2 is 1.41 bits per heavy atom. The predicted octanol–water partition coefficient (Wildman–Crippen LogP) is 7.53. The molecule has 0 aliphatic carbocycles. The number of unbranched alkanes of at least 4 members (excludes halogenated alkanes) is 12. The zero-order valence-corrected chi connectivity index (χ0v) is 19.1. The Morgan fingerprint density at radius 1 is 0.828 bits per heavy atom. The fraction of sp³-hybridized carbons (Fsp3) is 0.692. The van der Waals surface area contributed by atoms with E-state index in [1.54, 1.807) is 13.2 Å². The van der Waals surface area contributed by atoms with E-state index < -0.39 is 0 Å². The van der Waals surface area contributed by atoms with Gasteiger partial charge in [0.1, 0.15) is 0 Å². The molecule has 3 heteroatoms. The number of hydrogen-bond acceptors (Lipinski definition) is 3. The Bertz CT molecular complexity index is 527. The van der Waals surface area contributed by atoms with Crippen molar-refractivity contribution in [1.82, 2.24) is 5.32 Å². The molecule has 0 amide bonds. The van der Waals surface area contributed by atoms with Crippen molar-refractivity contribution in [2.75, 3.05) is 13.7 Å². The van der Waals surface area contributed by atoms with Gasteiger partial charge in [-0.25, -0.2) is 0 Å². The second kappa shape index (κ2) is 18.5. The van der Waals surface area contributed by atoms with Crippen molar-refractivity contribution in [3.8, 4) is 11.5 Å². The molecule has 0 saturated heterocycles. The van der Waals surface area contributed by atoms with Crippen molar-refractivity contribution in [2.45, 2.75) is 103 Å². The molecule has 0 aliphatic heterocycles. The highest BCUT2D eigenvalue weighted by molar-refractivity contribution is 5.41. The summed E-state index contributed by atoms with van der Waals surface area (Å²) in [5.74, 6) is 0.742. The molecule has 166 valence electrons. The SMILES string of the molecule is CCCCCCCC/C=C\CCCCCCCCNCc1ccc(O)c(OC)c1. The second-order valence-electron chi connectivity index (χ2n) is 8.12. The summed E-state index contributed by atoms with van der Waals surface area (Å²) in [6.45, 7) is 4.14. The quantitative estimate of drug-likeness (QED) is 0.185. The molecule has 2 N–H and O–H groups in total. The van der Waals surface area contributed by atoms with Crippen molar-refractivity contribution < 1.29 is 9.84 Å². The van der Waals surface area contributed by atoms with Crippen LogP contribution in [0.15, 0.2) is 30.4 Å². The molecule has 0 unspecified atom stereocenters. The number of phenolic OH excluding ortho intramolecular Hbond substituents is 1. The zero-order valence-electron chi connectivity index (χ0n) is 19.1. The number of allylic oxidation sites excluding steroid dienone is 2. The highest BCUT2D eigenvalue weighted by atomic mass is 16.5. The molecule has 0 saturated carbocycles. The number of ether oxygens (including phenoxy) is 1. The van der Waals surface area contributed by atoms with Gasteiger partial charge in [-0.15, -0.1) is 0 Å².